The van der Waals surface area contributed by atoms with Crippen LogP contribution in [0.25, 0.3) is 0 Å². The average Bonchev–Trinajstić information content (AvgIpc) is 2.41. The summed E-state index contributed by atoms with van der Waals surface area (Å²) in [5.74, 6) is 0.995. The van der Waals surface area contributed by atoms with E-state index in [0.29, 0.717) is 6.61 Å². The van der Waals surface area contributed by atoms with Gasteiger partial charge in [-0.2, -0.15) is 0 Å². The monoisotopic (exact) mass is 275 g/mol. The Morgan fingerprint density at radius 3 is 3.08 bits per heavy atom. The number of rotatable bonds is 0. The SMILES string of the molecule is Cc1c(I)ccc2c1OC[C@H]2N. The zero-order valence-electron chi connectivity index (χ0n) is 6.80. The van der Waals surface area contributed by atoms with Gasteiger partial charge in [-0.05, 0) is 35.6 Å². The summed E-state index contributed by atoms with van der Waals surface area (Å²) < 4.78 is 6.73. The molecule has 0 aliphatic carbocycles. The van der Waals surface area contributed by atoms with Crippen LogP contribution in [0.1, 0.15) is 17.2 Å². The predicted octanol–water partition coefficient (Wildman–Crippen LogP) is 1.99. The van der Waals surface area contributed by atoms with Gasteiger partial charge in [-0.1, -0.05) is 6.07 Å². The maximum Gasteiger partial charge on any atom is 0.128 e. The second kappa shape index (κ2) is 2.88. The van der Waals surface area contributed by atoms with E-state index in [1.807, 2.05) is 0 Å². The third-order valence-electron chi connectivity index (χ3n) is 2.18. The number of fused-ring (bicyclic) bond motifs is 1. The second-order valence-corrected chi connectivity index (χ2v) is 4.17. The van der Waals surface area contributed by atoms with Gasteiger partial charge in [-0.3, -0.25) is 0 Å². The average molecular weight is 275 g/mol. The highest BCUT2D eigenvalue weighted by atomic mass is 127. The van der Waals surface area contributed by atoms with Crippen molar-refractivity contribution < 1.29 is 4.74 Å². The Balaban J connectivity index is 2.60. The molecule has 0 amide bonds. The van der Waals surface area contributed by atoms with E-state index in [-0.39, 0.29) is 6.04 Å². The molecule has 0 saturated heterocycles. The number of hydrogen-bond acceptors (Lipinski definition) is 2. The first-order chi connectivity index (χ1) is 5.70. The molecular weight excluding hydrogens is 265 g/mol. The summed E-state index contributed by atoms with van der Waals surface area (Å²) >= 11 is 2.30. The van der Waals surface area contributed by atoms with Crippen LogP contribution in [0.15, 0.2) is 12.1 Å². The molecule has 3 heteroatoms. The van der Waals surface area contributed by atoms with Crippen LogP contribution >= 0.6 is 22.6 Å². The molecule has 0 unspecified atom stereocenters. The lowest BCUT2D eigenvalue weighted by molar-refractivity contribution is 0.331. The Hall–Kier alpha value is -0.290. The summed E-state index contributed by atoms with van der Waals surface area (Å²) in [6.07, 6.45) is 0. The minimum absolute atomic E-state index is 0.0655. The van der Waals surface area contributed by atoms with Crippen LogP contribution < -0.4 is 10.5 Å². The van der Waals surface area contributed by atoms with E-state index >= 15 is 0 Å². The second-order valence-electron chi connectivity index (χ2n) is 3.01. The molecule has 0 fully saturated rings. The molecule has 0 aromatic heterocycles. The lowest BCUT2D eigenvalue weighted by Gasteiger charge is -2.05. The fraction of sp³-hybridized carbons (Fsp3) is 0.333. The largest absolute Gasteiger partial charge is 0.491 e. The van der Waals surface area contributed by atoms with Crippen molar-refractivity contribution in [2.45, 2.75) is 13.0 Å². The summed E-state index contributed by atoms with van der Waals surface area (Å²) in [5, 5.41) is 0. The maximum absolute atomic E-state index is 5.84. The molecule has 0 saturated carbocycles. The molecule has 0 radical (unpaired) electrons. The van der Waals surface area contributed by atoms with Crippen molar-refractivity contribution in [3.63, 3.8) is 0 Å². The maximum atomic E-state index is 5.84. The summed E-state index contributed by atoms with van der Waals surface area (Å²) in [5.41, 5.74) is 8.19. The Morgan fingerprint density at radius 2 is 2.33 bits per heavy atom. The fourth-order valence-electron chi connectivity index (χ4n) is 1.44. The molecule has 0 spiro atoms. The van der Waals surface area contributed by atoms with Crippen molar-refractivity contribution in [1.29, 1.82) is 0 Å². The van der Waals surface area contributed by atoms with Crippen molar-refractivity contribution in [3.05, 3.63) is 26.8 Å². The number of hydrogen-bond donors (Lipinski definition) is 1. The summed E-state index contributed by atoms with van der Waals surface area (Å²) in [7, 11) is 0. The van der Waals surface area contributed by atoms with E-state index < -0.39 is 0 Å². The molecule has 1 atom stereocenters. The molecule has 1 heterocycles. The van der Waals surface area contributed by atoms with Gasteiger partial charge in [0.1, 0.15) is 12.4 Å². The lowest BCUT2D eigenvalue weighted by atomic mass is 10.1. The number of ether oxygens (including phenoxy) is 1. The Bertz CT molecular complexity index is 325. The topological polar surface area (TPSA) is 35.2 Å². The van der Waals surface area contributed by atoms with Crippen molar-refractivity contribution in [1.82, 2.24) is 0 Å². The Morgan fingerprint density at radius 1 is 1.58 bits per heavy atom. The zero-order chi connectivity index (χ0) is 8.72. The predicted molar refractivity (Wildman–Crippen MR) is 56.3 cm³/mol. The van der Waals surface area contributed by atoms with Gasteiger partial charge in [0.15, 0.2) is 0 Å². The minimum Gasteiger partial charge on any atom is -0.491 e. The van der Waals surface area contributed by atoms with Gasteiger partial charge >= 0.3 is 0 Å². The van der Waals surface area contributed by atoms with E-state index in [4.69, 9.17) is 10.5 Å². The van der Waals surface area contributed by atoms with Gasteiger partial charge in [0.25, 0.3) is 0 Å². The molecule has 2 N–H and O–H groups in total. The first-order valence-corrected chi connectivity index (χ1v) is 4.95. The van der Waals surface area contributed by atoms with Crippen LogP contribution in [0.2, 0.25) is 0 Å². The zero-order valence-corrected chi connectivity index (χ0v) is 8.96. The van der Waals surface area contributed by atoms with Gasteiger partial charge in [-0.15, -0.1) is 0 Å². The van der Waals surface area contributed by atoms with Crippen LogP contribution in [-0.2, 0) is 0 Å². The van der Waals surface area contributed by atoms with Gasteiger partial charge in [0.2, 0.25) is 0 Å². The van der Waals surface area contributed by atoms with Gasteiger partial charge in [0.05, 0.1) is 6.04 Å². The highest BCUT2D eigenvalue weighted by Crippen LogP contribution is 2.35. The molecule has 2 rings (SSSR count). The van der Waals surface area contributed by atoms with E-state index in [9.17, 15) is 0 Å². The van der Waals surface area contributed by atoms with Crippen molar-refractivity contribution >= 4 is 22.6 Å². The molecule has 0 bridgehead atoms. The summed E-state index contributed by atoms with van der Waals surface area (Å²) in [6, 6.07) is 4.21. The van der Waals surface area contributed by atoms with Crippen molar-refractivity contribution in [2.24, 2.45) is 5.73 Å². The molecule has 1 aliphatic heterocycles. The van der Waals surface area contributed by atoms with Crippen LogP contribution in [0.4, 0.5) is 0 Å². The summed E-state index contributed by atoms with van der Waals surface area (Å²) in [4.78, 5) is 0. The highest BCUT2D eigenvalue weighted by molar-refractivity contribution is 14.1. The molecule has 1 aromatic carbocycles. The van der Waals surface area contributed by atoms with Crippen LogP contribution in [-0.4, -0.2) is 6.61 Å². The first kappa shape index (κ1) is 8.31. The molecular formula is C9H10INO. The van der Waals surface area contributed by atoms with Crippen LogP contribution in [0, 0.1) is 10.5 Å². The molecule has 64 valence electrons. The quantitative estimate of drug-likeness (QED) is 0.735. The van der Waals surface area contributed by atoms with E-state index in [2.05, 4.69) is 41.6 Å². The first-order valence-electron chi connectivity index (χ1n) is 3.87. The molecule has 2 nitrogen and oxygen atoms in total. The molecule has 1 aliphatic rings. The van der Waals surface area contributed by atoms with Gasteiger partial charge < -0.3 is 10.5 Å². The number of nitrogens with two attached hydrogens (primary N) is 1. The standard InChI is InChI=1S/C9H10INO/c1-5-7(10)3-2-6-8(11)4-12-9(5)6/h2-3,8H,4,11H2,1H3/t8-/m1/s1. The number of halogens is 1. The van der Waals surface area contributed by atoms with Crippen molar-refractivity contribution in [2.75, 3.05) is 6.61 Å². The Kier molecular flexibility index (Phi) is 2.00. The highest BCUT2D eigenvalue weighted by Gasteiger charge is 2.22. The van der Waals surface area contributed by atoms with Crippen LogP contribution in [0.3, 0.4) is 0 Å². The lowest BCUT2D eigenvalue weighted by Crippen LogP contribution is -2.10. The molecule has 12 heavy (non-hydrogen) atoms. The summed E-state index contributed by atoms with van der Waals surface area (Å²) in [6.45, 7) is 2.69. The van der Waals surface area contributed by atoms with Gasteiger partial charge in [0, 0.05) is 14.7 Å². The van der Waals surface area contributed by atoms with E-state index in [1.165, 1.54) is 9.13 Å². The normalized spacial score (nSPS) is 20.4. The third-order valence-corrected chi connectivity index (χ3v) is 3.35. The van der Waals surface area contributed by atoms with E-state index in [0.717, 1.165) is 11.3 Å². The smallest absolute Gasteiger partial charge is 0.128 e. The minimum atomic E-state index is 0.0655. The number of benzene rings is 1. The van der Waals surface area contributed by atoms with Gasteiger partial charge in [-0.25, -0.2) is 0 Å². The van der Waals surface area contributed by atoms with Crippen LogP contribution in [0.5, 0.6) is 5.75 Å². The Labute approximate surface area is 85.2 Å². The van der Waals surface area contributed by atoms with Crippen molar-refractivity contribution in [3.8, 4) is 5.75 Å². The third kappa shape index (κ3) is 1.11. The fourth-order valence-corrected chi connectivity index (χ4v) is 1.86. The van der Waals surface area contributed by atoms with E-state index in [1.54, 1.807) is 0 Å². The molecule has 1 aromatic rings.